The van der Waals surface area contributed by atoms with Crippen LogP contribution in [0.1, 0.15) is 28.2 Å². The van der Waals surface area contributed by atoms with E-state index in [1.807, 2.05) is 18.2 Å². The molecule has 4 rings (SSSR count). The summed E-state index contributed by atoms with van der Waals surface area (Å²) in [5, 5.41) is 3.58. The Morgan fingerprint density at radius 2 is 1.67 bits per heavy atom. The van der Waals surface area contributed by atoms with Crippen LogP contribution >= 0.6 is 0 Å². The smallest absolute Gasteiger partial charge is 0.161 e. The summed E-state index contributed by atoms with van der Waals surface area (Å²) >= 11 is 0. The Balaban J connectivity index is 1.69. The molecule has 138 valence electrons. The molecular weight excluding hydrogens is 334 g/mol. The van der Waals surface area contributed by atoms with Gasteiger partial charge in [0.15, 0.2) is 11.5 Å². The Labute approximate surface area is 161 Å². The van der Waals surface area contributed by atoms with E-state index in [-0.39, 0.29) is 0 Å². The van der Waals surface area contributed by atoms with Gasteiger partial charge in [0, 0.05) is 12.5 Å². The second kappa shape index (κ2) is 8.28. The molecule has 0 aliphatic carbocycles. The van der Waals surface area contributed by atoms with Crippen molar-refractivity contribution in [2.75, 3.05) is 20.2 Å². The Hall–Kier alpha value is -2.78. The number of hydrogen-bond donors (Lipinski definition) is 1. The average Bonchev–Trinajstić information content (AvgIpc) is 2.94. The summed E-state index contributed by atoms with van der Waals surface area (Å²) in [5.41, 5.74) is 5.14. The number of benzene rings is 3. The third-order valence-corrected chi connectivity index (χ3v) is 5.16. The molecule has 0 aromatic heterocycles. The molecule has 0 spiro atoms. The van der Waals surface area contributed by atoms with Crippen molar-refractivity contribution in [2.24, 2.45) is 0 Å². The molecule has 1 N–H and O–H groups in total. The van der Waals surface area contributed by atoms with E-state index in [4.69, 9.17) is 9.47 Å². The largest absolute Gasteiger partial charge is 0.493 e. The van der Waals surface area contributed by atoms with Crippen LogP contribution in [0.2, 0.25) is 0 Å². The second-order valence-corrected chi connectivity index (χ2v) is 6.89. The van der Waals surface area contributed by atoms with Gasteiger partial charge in [-0.2, -0.15) is 0 Å². The van der Waals surface area contributed by atoms with E-state index >= 15 is 0 Å². The van der Waals surface area contributed by atoms with Gasteiger partial charge in [0.25, 0.3) is 0 Å². The minimum atomic E-state index is 0.314. The number of ether oxygens (including phenoxy) is 2. The number of methoxy groups -OCH3 is 1. The molecule has 1 unspecified atom stereocenters. The second-order valence-electron chi connectivity index (χ2n) is 6.89. The zero-order valence-electron chi connectivity index (χ0n) is 15.7. The van der Waals surface area contributed by atoms with E-state index in [1.165, 1.54) is 16.7 Å². The monoisotopic (exact) mass is 359 g/mol. The molecule has 1 aliphatic heterocycles. The lowest BCUT2D eigenvalue weighted by Gasteiger charge is -2.21. The molecule has 27 heavy (non-hydrogen) atoms. The summed E-state index contributed by atoms with van der Waals surface area (Å²) in [6.07, 6.45) is 0.994. The van der Waals surface area contributed by atoms with Gasteiger partial charge in [0.2, 0.25) is 0 Å². The maximum Gasteiger partial charge on any atom is 0.161 e. The molecule has 3 nitrogen and oxygen atoms in total. The van der Waals surface area contributed by atoms with Crippen LogP contribution in [0.15, 0.2) is 72.8 Å². The summed E-state index contributed by atoms with van der Waals surface area (Å²) < 4.78 is 11.8. The zero-order valence-corrected chi connectivity index (χ0v) is 15.7. The van der Waals surface area contributed by atoms with Gasteiger partial charge in [0.1, 0.15) is 6.61 Å². The van der Waals surface area contributed by atoms with E-state index in [0.29, 0.717) is 12.5 Å². The summed E-state index contributed by atoms with van der Waals surface area (Å²) in [6.45, 7) is 2.44. The Bertz CT molecular complexity index is 878. The summed E-state index contributed by atoms with van der Waals surface area (Å²) in [4.78, 5) is 0. The molecule has 0 amide bonds. The lowest BCUT2D eigenvalue weighted by atomic mass is 9.88. The molecule has 0 saturated heterocycles. The van der Waals surface area contributed by atoms with Gasteiger partial charge in [-0.25, -0.2) is 0 Å². The lowest BCUT2D eigenvalue weighted by Crippen LogP contribution is -2.20. The molecule has 3 aromatic rings. The molecule has 0 fully saturated rings. The normalized spacial score (nSPS) is 16.3. The van der Waals surface area contributed by atoms with Crippen LogP contribution < -0.4 is 14.8 Å². The molecule has 3 aromatic carbocycles. The van der Waals surface area contributed by atoms with Crippen molar-refractivity contribution in [2.45, 2.75) is 18.9 Å². The maximum atomic E-state index is 6.16. The van der Waals surface area contributed by atoms with Crippen molar-refractivity contribution < 1.29 is 9.47 Å². The molecule has 1 atom stereocenters. The van der Waals surface area contributed by atoms with Crippen LogP contribution in [-0.4, -0.2) is 20.2 Å². The predicted octanol–water partition coefficient (Wildman–Crippen LogP) is 4.55. The van der Waals surface area contributed by atoms with Crippen LogP contribution in [0.3, 0.4) is 0 Å². The fourth-order valence-corrected chi connectivity index (χ4v) is 3.73. The highest BCUT2D eigenvalue weighted by atomic mass is 16.5. The Kier molecular flexibility index (Phi) is 5.40. The third kappa shape index (κ3) is 3.99. The van der Waals surface area contributed by atoms with Crippen LogP contribution in [-0.2, 0) is 13.0 Å². The van der Waals surface area contributed by atoms with E-state index in [1.54, 1.807) is 7.11 Å². The fourth-order valence-electron chi connectivity index (χ4n) is 3.73. The minimum absolute atomic E-state index is 0.314. The van der Waals surface area contributed by atoms with Gasteiger partial charge < -0.3 is 14.8 Å². The highest BCUT2D eigenvalue weighted by Crippen LogP contribution is 2.37. The minimum Gasteiger partial charge on any atom is -0.493 e. The summed E-state index contributed by atoms with van der Waals surface area (Å²) in [7, 11) is 1.71. The summed E-state index contributed by atoms with van der Waals surface area (Å²) in [6, 6.07) is 25.3. The first-order chi connectivity index (χ1) is 13.3. The van der Waals surface area contributed by atoms with Gasteiger partial charge in [-0.15, -0.1) is 0 Å². The highest BCUT2D eigenvalue weighted by Gasteiger charge is 2.23. The van der Waals surface area contributed by atoms with Crippen LogP contribution in [0.5, 0.6) is 11.5 Å². The quantitative estimate of drug-likeness (QED) is 0.725. The van der Waals surface area contributed by atoms with Crippen molar-refractivity contribution in [3.05, 3.63) is 95.1 Å². The topological polar surface area (TPSA) is 30.5 Å². The van der Waals surface area contributed by atoms with Crippen LogP contribution in [0.25, 0.3) is 0 Å². The van der Waals surface area contributed by atoms with Gasteiger partial charge in [-0.3, -0.25) is 0 Å². The lowest BCUT2D eigenvalue weighted by molar-refractivity contribution is 0.284. The predicted molar refractivity (Wildman–Crippen MR) is 109 cm³/mol. The third-order valence-electron chi connectivity index (χ3n) is 5.16. The van der Waals surface area contributed by atoms with E-state index in [2.05, 4.69) is 59.9 Å². The van der Waals surface area contributed by atoms with Crippen LogP contribution in [0.4, 0.5) is 0 Å². The number of rotatable bonds is 5. The first-order valence-corrected chi connectivity index (χ1v) is 9.48. The number of hydrogen-bond acceptors (Lipinski definition) is 3. The number of nitrogens with one attached hydrogen (secondary N) is 1. The maximum absolute atomic E-state index is 6.16. The Morgan fingerprint density at radius 3 is 2.41 bits per heavy atom. The molecule has 0 radical (unpaired) electrons. The van der Waals surface area contributed by atoms with E-state index in [0.717, 1.165) is 36.6 Å². The SMILES string of the molecule is COc1cc2c(cc1OCc1ccccc1)C(c1ccccc1)CNCC2. The first kappa shape index (κ1) is 17.6. The fraction of sp³-hybridized carbons (Fsp3) is 0.250. The molecular formula is C24H25NO2. The first-order valence-electron chi connectivity index (χ1n) is 9.48. The molecule has 0 bridgehead atoms. The standard InChI is InChI=1S/C24H25NO2/c1-26-23-14-20-12-13-25-16-22(19-10-6-3-7-11-19)21(20)15-24(23)27-17-18-8-4-2-5-9-18/h2-11,14-15,22,25H,12-13,16-17H2,1H3. The van der Waals surface area contributed by atoms with Gasteiger partial charge >= 0.3 is 0 Å². The van der Waals surface area contributed by atoms with Gasteiger partial charge in [-0.05, 0) is 47.4 Å². The number of fused-ring (bicyclic) bond motifs is 1. The van der Waals surface area contributed by atoms with Crippen LogP contribution in [0, 0.1) is 0 Å². The van der Waals surface area contributed by atoms with Crippen molar-refractivity contribution >= 4 is 0 Å². The Morgan fingerprint density at radius 1 is 0.926 bits per heavy atom. The van der Waals surface area contributed by atoms with Crippen molar-refractivity contribution in [1.29, 1.82) is 0 Å². The zero-order chi connectivity index (χ0) is 18.5. The molecule has 0 saturated carbocycles. The molecule has 1 heterocycles. The van der Waals surface area contributed by atoms with Crippen molar-refractivity contribution in [1.82, 2.24) is 5.32 Å². The van der Waals surface area contributed by atoms with E-state index < -0.39 is 0 Å². The molecule has 3 heteroatoms. The summed E-state index contributed by atoms with van der Waals surface area (Å²) in [5.74, 6) is 1.93. The molecule has 1 aliphatic rings. The highest BCUT2D eigenvalue weighted by molar-refractivity contribution is 5.51. The van der Waals surface area contributed by atoms with Crippen molar-refractivity contribution in [3.8, 4) is 11.5 Å². The van der Waals surface area contributed by atoms with Crippen molar-refractivity contribution in [3.63, 3.8) is 0 Å². The average molecular weight is 359 g/mol. The van der Waals surface area contributed by atoms with E-state index in [9.17, 15) is 0 Å². The van der Waals surface area contributed by atoms with Gasteiger partial charge in [0.05, 0.1) is 7.11 Å². The van der Waals surface area contributed by atoms with Gasteiger partial charge in [-0.1, -0.05) is 60.7 Å².